The van der Waals surface area contributed by atoms with E-state index in [1.54, 1.807) is 0 Å². The molecule has 0 aliphatic rings. The molecule has 0 aliphatic carbocycles. The number of hydrogen-bond acceptors (Lipinski definition) is 6. The van der Waals surface area contributed by atoms with Crippen molar-refractivity contribution in [2.75, 3.05) is 15.4 Å². The first-order chi connectivity index (χ1) is 11.7. The van der Waals surface area contributed by atoms with Gasteiger partial charge in [-0.05, 0) is 38.1 Å². The van der Waals surface area contributed by atoms with Crippen LogP contribution in [0.2, 0.25) is 5.15 Å². The number of nitrogens with zero attached hydrogens (tertiary/aromatic N) is 2. The molecule has 0 bridgehead atoms. The summed E-state index contributed by atoms with van der Waals surface area (Å²) in [6, 6.07) is 7.12. The van der Waals surface area contributed by atoms with E-state index >= 15 is 0 Å². The van der Waals surface area contributed by atoms with E-state index in [1.165, 1.54) is 37.3 Å². The van der Waals surface area contributed by atoms with E-state index in [1.807, 2.05) is 13.8 Å². The molecule has 8 nitrogen and oxygen atoms in total. The summed E-state index contributed by atoms with van der Waals surface area (Å²) >= 11 is 5.91. The molecule has 0 aliphatic heterocycles. The molecule has 10 heteroatoms. The third kappa shape index (κ3) is 5.57. The first-order valence-electron chi connectivity index (χ1n) is 7.37. The van der Waals surface area contributed by atoms with E-state index in [0.717, 1.165) is 0 Å². The van der Waals surface area contributed by atoms with Crippen molar-refractivity contribution in [1.29, 1.82) is 0 Å². The molecule has 0 radical (unpaired) electrons. The molecule has 3 N–H and O–H groups in total. The van der Waals surface area contributed by atoms with Gasteiger partial charge < -0.3 is 10.6 Å². The Balaban J connectivity index is 2.23. The fourth-order valence-corrected chi connectivity index (χ4v) is 3.09. The van der Waals surface area contributed by atoms with Crippen LogP contribution in [0.5, 0.6) is 0 Å². The van der Waals surface area contributed by atoms with E-state index in [9.17, 15) is 13.2 Å². The summed E-state index contributed by atoms with van der Waals surface area (Å²) in [5.74, 6) is 0.0323. The van der Waals surface area contributed by atoms with Gasteiger partial charge in [-0.3, -0.25) is 9.52 Å². The second-order valence-electron chi connectivity index (χ2n) is 5.51. The number of rotatable bonds is 6. The summed E-state index contributed by atoms with van der Waals surface area (Å²) in [6.45, 7) is 5.16. The molecule has 1 amide bonds. The molecule has 0 fully saturated rings. The Labute approximate surface area is 151 Å². The van der Waals surface area contributed by atoms with Crippen LogP contribution < -0.4 is 15.4 Å². The lowest BCUT2D eigenvalue weighted by Gasteiger charge is -2.12. The molecule has 134 valence electrons. The van der Waals surface area contributed by atoms with Crippen LogP contribution >= 0.6 is 11.6 Å². The molecule has 0 spiro atoms. The smallest absolute Gasteiger partial charge is 0.263 e. The van der Waals surface area contributed by atoms with E-state index in [-0.39, 0.29) is 33.8 Å². The zero-order chi connectivity index (χ0) is 18.6. The minimum atomic E-state index is -3.86. The summed E-state index contributed by atoms with van der Waals surface area (Å²) in [7, 11) is -3.86. The van der Waals surface area contributed by atoms with Gasteiger partial charge in [0.25, 0.3) is 10.0 Å². The number of carbonyl (C=O) groups is 1. The third-order valence-corrected chi connectivity index (χ3v) is 4.40. The summed E-state index contributed by atoms with van der Waals surface area (Å²) < 4.78 is 27.3. The molecule has 0 saturated heterocycles. The maximum atomic E-state index is 12.5. The van der Waals surface area contributed by atoms with Crippen molar-refractivity contribution < 1.29 is 13.2 Å². The van der Waals surface area contributed by atoms with E-state index < -0.39 is 10.0 Å². The highest BCUT2D eigenvalue weighted by Gasteiger charge is 2.16. The number of halogens is 1. The van der Waals surface area contributed by atoms with Gasteiger partial charge >= 0.3 is 0 Å². The Morgan fingerprint density at radius 3 is 2.36 bits per heavy atom. The summed E-state index contributed by atoms with van der Waals surface area (Å²) in [4.78, 5) is 19.1. The Bertz CT molecular complexity index is 869. The third-order valence-electron chi connectivity index (χ3n) is 2.84. The number of aromatic nitrogens is 2. The number of anilines is 3. The first-order valence-corrected chi connectivity index (χ1v) is 9.23. The lowest BCUT2D eigenvalue weighted by atomic mass is 10.3. The number of sulfonamides is 1. The Hall–Kier alpha value is -2.39. The van der Waals surface area contributed by atoms with Crippen molar-refractivity contribution >= 4 is 45.0 Å². The molecule has 0 unspecified atom stereocenters. The summed E-state index contributed by atoms with van der Waals surface area (Å²) in [5.41, 5.74) is 0.500. The quantitative estimate of drug-likeness (QED) is 0.661. The van der Waals surface area contributed by atoms with Gasteiger partial charge in [-0.1, -0.05) is 11.6 Å². The molecular weight excluding hydrogens is 366 g/mol. The fourth-order valence-electron chi connectivity index (χ4n) is 1.91. The molecule has 25 heavy (non-hydrogen) atoms. The van der Waals surface area contributed by atoms with Crippen molar-refractivity contribution in [2.24, 2.45) is 0 Å². The maximum Gasteiger partial charge on any atom is 0.263 e. The predicted octanol–water partition coefficient (Wildman–Crippen LogP) is 2.71. The van der Waals surface area contributed by atoms with Crippen LogP contribution in [0.4, 0.5) is 17.5 Å². The molecule has 2 aromatic rings. The number of benzene rings is 1. The number of carbonyl (C=O) groups excluding carboxylic acids is 1. The van der Waals surface area contributed by atoms with Gasteiger partial charge in [0.15, 0.2) is 0 Å². The molecule has 2 rings (SSSR count). The van der Waals surface area contributed by atoms with Crippen LogP contribution in [-0.2, 0) is 14.8 Å². The van der Waals surface area contributed by atoms with Gasteiger partial charge in [0, 0.05) is 24.7 Å². The maximum absolute atomic E-state index is 12.5. The molecule has 1 heterocycles. The Morgan fingerprint density at radius 2 is 1.80 bits per heavy atom. The van der Waals surface area contributed by atoms with Crippen LogP contribution in [0.25, 0.3) is 0 Å². The fraction of sp³-hybridized carbons (Fsp3) is 0.267. The summed E-state index contributed by atoms with van der Waals surface area (Å²) in [6.07, 6.45) is 0. The standard InChI is InChI=1S/C15H18ClN5O3S/c1-9(2)17-15-19-13(16)8-14(20-15)21-25(23,24)12-6-4-11(5-7-12)18-10(3)22/h4-9H,1-3H3,(H,18,22)(H2,17,19,20,21). The predicted molar refractivity (Wildman–Crippen MR) is 97.4 cm³/mol. The second-order valence-corrected chi connectivity index (χ2v) is 7.58. The van der Waals surface area contributed by atoms with Crippen LogP contribution in [0.1, 0.15) is 20.8 Å². The van der Waals surface area contributed by atoms with Gasteiger partial charge in [0.05, 0.1) is 4.90 Å². The Morgan fingerprint density at radius 1 is 1.16 bits per heavy atom. The summed E-state index contributed by atoms with van der Waals surface area (Å²) in [5, 5.41) is 5.63. The number of nitrogens with one attached hydrogen (secondary N) is 3. The van der Waals surface area contributed by atoms with Gasteiger partial charge in [-0.25, -0.2) is 13.4 Å². The van der Waals surface area contributed by atoms with Crippen LogP contribution in [0.15, 0.2) is 35.2 Å². The Kier molecular flexibility index (Phi) is 5.81. The number of amides is 1. The molecule has 1 aromatic carbocycles. The molecule has 0 atom stereocenters. The van der Waals surface area contributed by atoms with Gasteiger partial charge in [-0.15, -0.1) is 0 Å². The lowest BCUT2D eigenvalue weighted by molar-refractivity contribution is -0.114. The highest BCUT2D eigenvalue weighted by molar-refractivity contribution is 7.92. The molecular formula is C15H18ClN5O3S. The zero-order valence-corrected chi connectivity index (χ0v) is 15.4. The monoisotopic (exact) mass is 383 g/mol. The largest absolute Gasteiger partial charge is 0.352 e. The second kappa shape index (κ2) is 7.66. The normalized spacial score (nSPS) is 11.2. The van der Waals surface area contributed by atoms with Crippen molar-refractivity contribution in [3.8, 4) is 0 Å². The van der Waals surface area contributed by atoms with Gasteiger partial charge in [0.2, 0.25) is 11.9 Å². The highest BCUT2D eigenvalue weighted by Crippen LogP contribution is 2.20. The minimum absolute atomic E-state index is 0.0229. The molecule has 1 aromatic heterocycles. The SMILES string of the molecule is CC(=O)Nc1ccc(S(=O)(=O)Nc2cc(Cl)nc(NC(C)C)n2)cc1. The van der Waals surface area contributed by atoms with E-state index in [2.05, 4.69) is 25.3 Å². The van der Waals surface area contributed by atoms with Gasteiger partial charge in [-0.2, -0.15) is 4.98 Å². The highest BCUT2D eigenvalue weighted by atomic mass is 35.5. The topological polar surface area (TPSA) is 113 Å². The van der Waals surface area contributed by atoms with Crippen molar-refractivity contribution in [1.82, 2.24) is 9.97 Å². The van der Waals surface area contributed by atoms with Crippen LogP contribution in [0, 0.1) is 0 Å². The zero-order valence-electron chi connectivity index (χ0n) is 13.9. The van der Waals surface area contributed by atoms with Crippen molar-refractivity contribution in [2.45, 2.75) is 31.7 Å². The van der Waals surface area contributed by atoms with E-state index in [4.69, 9.17) is 11.6 Å². The minimum Gasteiger partial charge on any atom is -0.352 e. The van der Waals surface area contributed by atoms with Crippen molar-refractivity contribution in [3.05, 3.63) is 35.5 Å². The average molecular weight is 384 g/mol. The number of hydrogen-bond donors (Lipinski definition) is 3. The van der Waals surface area contributed by atoms with Crippen molar-refractivity contribution in [3.63, 3.8) is 0 Å². The first kappa shape index (κ1) is 18.9. The van der Waals surface area contributed by atoms with Crippen LogP contribution in [-0.4, -0.2) is 30.3 Å². The lowest BCUT2D eigenvalue weighted by Crippen LogP contribution is -2.17. The van der Waals surface area contributed by atoms with Gasteiger partial charge in [0.1, 0.15) is 11.0 Å². The van der Waals surface area contributed by atoms with Crippen LogP contribution in [0.3, 0.4) is 0 Å². The molecule has 0 saturated carbocycles. The van der Waals surface area contributed by atoms with E-state index in [0.29, 0.717) is 5.69 Å². The average Bonchev–Trinajstić information content (AvgIpc) is 2.45.